The summed E-state index contributed by atoms with van der Waals surface area (Å²) in [5.41, 5.74) is 2.09. The average molecular weight is 197 g/mol. The Labute approximate surface area is 84.1 Å². The number of ether oxygens (including phenoxy) is 1. The minimum absolute atomic E-state index is 0.288. The number of nitrogens with one attached hydrogen (secondary N) is 1. The van der Waals surface area contributed by atoms with Crippen LogP contribution < -0.4 is 10.1 Å². The Morgan fingerprint density at radius 1 is 1.43 bits per heavy atom. The summed E-state index contributed by atoms with van der Waals surface area (Å²) in [7, 11) is 3.36. The number of likely N-dealkylation sites (N-methyl/N-ethyl adjacent to an activating group) is 1. The van der Waals surface area contributed by atoms with Crippen LogP contribution in [0.15, 0.2) is 12.1 Å². The van der Waals surface area contributed by atoms with Crippen molar-refractivity contribution in [1.82, 2.24) is 5.32 Å². The molecular formula is C11H16FNO. The van der Waals surface area contributed by atoms with Crippen molar-refractivity contribution in [2.45, 2.75) is 13.3 Å². The fourth-order valence-corrected chi connectivity index (χ4v) is 1.38. The van der Waals surface area contributed by atoms with E-state index in [1.165, 1.54) is 7.11 Å². The van der Waals surface area contributed by atoms with Crippen LogP contribution in [0, 0.1) is 12.7 Å². The highest BCUT2D eigenvalue weighted by atomic mass is 19.1. The average Bonchev–Trinajstić information content (AvgIpc) is 2.18. The summed E-state index contributed by atoms with van der Waals surface area (Å²) >= 11 is 0. The smallest absolute Gasteiger partial charge is 0.165 e. The van der Waals surface area contributed by atoms with Crippen LogP contribution in [0.2, 0.25) is 0 Å². The van der Waals surface area contributed by atoms with Crippen molar-refractivity contribution >= 4 is 0 Å². The highest BCUT2D eigenvalue weighted by molar-refractivity contribution is 5.36. The largest absolute Gasteiger partial charge is 0.494 e. The van der Waals surface area contributed by atoms with Gasteiger partial charge >= 0.3 is 0 Å². The SMILES string of the molecule is CNCCc1cc(F)c(OC)cc1C. The number of hydrogen-bond acceptors (Lipinski definition) is 2. The predicted octanol–water partition coefficient (Wildman–Crippen LogP) is 1.90. The number of hydrogen-bond donors (Lipinski definition) is 1. The summed E-state index contributed by atoms with van der Waals surface area (Å²) in [4.78, 5) is 0. The molecule has 0 heterocycles. The van der Waals surface area contributed by atoms with Crippen molar-refractivity contribution in [3.63, 3.8) is 0 Å². The molecule has 0 aliphatic carbocycles. The third-order valence-electron chi connectivity index (χ3n) is 2.25. The van der Waals surface area contributed by atoms with E-state index in [1.54, 1.807) is 12.1 Å². The van der Waals surface area contributed by atoms with E-state index in [0.29, 0.717) is 5.75 Å². The van der Waals surface area contributed by atoms with E-state index >= 15 is 0 Å². The van der Waals surface area contributed by atoms with Gasteiger partial charge in [-0.1, -0.05) is 0 Å². The van der Waals surface area contributed by atoms with Crippen LogP contribution in [0.4, 0.5) is 4.39 Å². The van der Waals surface area contributed by atoms with Gasteiger partial charge in [-0.2, -0.15) is 0 Å². The van der Waals surface area contributed by atoms with Gasteiger partial charge in [0.25, 0.3) is 0 Å². The molecule has 1 rings (SSSR count). The van der Waals surface area contributed by atoms with Crippen molar-refractivity contribution in [2.75, 3.05) is 20.7 Å². The Kier molecular flexibility index (Phi) is 3.89. The van der Waals surface area contributed by atoms with Gasteiger partial charge in [-0.05, 0) is 50.2 Å². The van der Waals surface area contributed by atoms with Crippen LogP contribution in [-0.4, -0.2) is 20.7 Å². The summed E-state index contributed by atoms with van der Waals surface area (Å²) in [6.45, 7) is 2.82. The maximum atomic E-state index is 13.3. The first-order chi connectivity index (χ1) is 6.69. The Morgan fingerprint density at radius 2 is 2.14 bits per heavy atom. The van der Waals surface area contributed by atoms with E-state index in [2.05, 4.69) is 5.32 Å². The summed E-state index contributed by atoms with van der Waals surface area (Å²) in [5.74, 6) is 0.0277. The molecule has 3 heteroatoms. The Bertz CT molecular complexity index is 312. The van der Waals surface area contributed by atoms with E-state index in [9.17, 15) is 4.39 Å². The van der Waals surface area contributed by atoms with Crippen molar-refractivity contribution < 1.29 is 9.13 Å². The van der Waals surface area contributed by atoms with Gasteiger partial charge < -0.3 is 10.1 Å². The normalized spacial score (nSPS) is 10.3. The van der Waals surface area contributed by atoms with Crippen LogP contribution in [0.25, 0.3) is 0 Å². The molecule has 0 saturated heterocycles. The van der Waals surface area contributed by atoms with E-state index in [-0.39, 0.29) is 5.82 Å². The molecule has 0 saturated carbocycles. The molecule has 1 aromatic rings. The topological polar surface area (TPSA) is 21.3 Å². The fraction of sp³-hybridized carbons (Fsp3) is 0.455. The summed E-state index contributed by atoms with van der Waals surface area (Å²) < 4.78 is 18.2. The molecule has 0 aliphatic heterocycles. The first kappa shape index (κ1) is 11.0. The van der Waals surface area contributed by atoms with Gasteiger partial charge in [0.05, 0.1) is 7.11 Å². The highest BCUT2D eigenvalue weighted by Crippen LogP contribution is 2.21. The number of benzene rings is 1. The Morgan fingerprint density at radius 3 is 2.71 bits per heavy atom. The Hall–Kier alpha value is -1.09. The fourth-order valence-electron chi connectivity index (χ4n) is 1.38. The monoisotopic (exact) mass is 197 g/mol. The minimum atomic E-state index is -0.288. The zero-order valence-corrected chi connectivity index (χ0v) is 8.86. The van der Waals surface area contributed by atoms with Gasteiger partial charge in [0.1, 0.15) is 0 Å². The maximum absolute atomic E-state index is 13.3. The van der Waals surface area contributed by atoms with Crippen molar-refractivity contribution in [1.29, 1.82) is 0 Å². The van der Waals surface area contributed by atoms with Gasteiger partial charge in [0.2, 0.25) is 0 Å². The second-order valence-corrected chi connectivity index (χ2v) is 3.27. The molecule has 0 aromatic heterocycles. The number of halogens is 1. The van der Waals surface area contributed by atoms with Gasteiger partial charge in [-0.25, -0.2) is 4.39 Å². The zero-order chi connectivity index (χ0) is 10.6. The molecule has 0 amide bonds. The van der Waals surface area contributed by atoms with Gasteiger partial charge in [-0.15, -0.1) is 0 Å². The summed E-state index contributed by atoms with van der Waals surface area (Å²) in [5, 5.41) is 3.04. The number of methoxy groups -OCH3 is 1. The molecule has 0 spiro atoms. The molecule has 1 aromatic carbocycles. The Balaban J connectivity index is 2.90. The molecule has 0 atom stereocenters. The van der Waals surface area contributed by atoms with Crippen LogP contribution in [-0.2, 0) is 6.42 Å². The first-order valence-electron chi connectivity index (χ1n) is 4.66. The minimum Gasteiger partial charge on any atom is -0.494 e. The molecule has 78 valence electrons. The molecule has 1 N–H and O–H groups in total. The van der Waals surface area contributed by atoms with E-state index in [0.717, 1.165) is 24.1 Å². The number of aryl methyl sites for hydroxylation is 1. The maximum Gasteiger partial charge on any atom is 0.165 e. The molecule has 0 fully saturated rings. The van der Waals surface area contributed by atoms with E-state index < -0.39 is 0 Å². The summed E-state index contributed by atoms with van der Waals surface area (Å²) in [6.07, 6.45) is 0.837. The predicted molar refractivity (Wildman–Crippen MR) is 55.3 cm³/mol. The molecule has 2 nitrogen and oxygen atoms in total. The molecule has 0 bridgehead atoms. The standard InChI is InChI=1S/C11H16FNO/c1-8-6-11(14-3)10(12)7-9(8)4-5-13-2/h6-7,13H,4-5H2,1-3H3. The molecule has 0 aliphatic rings. The van der Waals surface area contributed by atoms with Crippen molar-refractivity contribution in [3.05, 3.63) is 29.1 Å². The first-order valence-corrected chi connectivity index (χ1v) is 4.66. The van der Waals surface area contributed by atoms with E-state index in [1.807, 2.05) is 14.0 Å². The number of rotatable bonds is 4. The van der Waals surface area contributed by atoms with Crippen LogP contribution in [0.1, 0.15) is 11.1 Å². The third kappa shape index (κ3) is 2.45. The van der Waals surface area contributed by atoms with Crippen LogP contribution >= 0.6 is 0 Å². The molecule has 0 unspecified atom stereocenters. The van der Waals surface area contributed by atoms with Crippen molar-refractivity contribution in [3.8, 4) is 5.75 Å². The van der Waals surface area contributed by atoms with Crippen LogP contribution in [0.5, 0.6) is 5.75 Å². The van der Waals surface area contributed by atoms with Crippen LogP contribution in [0.3, 0.4) is 0 Å². The van der Waals surface area contributed by atoms with Crippen molar-refractivity contribution in [2.24, 2.45) is 0 Å². The van der Waals surface area contributed by atoms with Gasteiger partial charge in [-0.3, -0.25) is 0 Å². The van der Waals surface area contributed by atoms with Gasteiger partial charge in [0.15, 0.2) is 11.6 Å². The zero-order valence-electron chi connectivity index (χ0n) is 8.86. The third-order valence-corrected chi connectivity index (χ3v) is 2.25. The second-order valence-electron chi connectivity index (χ2n) is 3.27. The lowest BCUT2D eigenvalue weighted by atomic mass is 10.1. The van der Waals surface area contributed by atoms with E-state index in [4.69, 9.17) is 4.74 Å². The summed E-state index contributed by atoms with van der Waals surface area (Å²) in [6, 6.07) is 3.28. The highest BCUT2D eigenvalue weighted by Gasteiger charge is 2.06. The quantitative estimate of drug-likeness (QED) is 0.796. The lowest BCUT2D eigenvalue weighted by Gasteiger charge is -2.08. The molecule has 14 heavy (non-hydrogen) atoms. The lowest BCUT2D eigenvalue weighted by molar-refractivity contribution is 0.385. The second kappa shape index (κ2) is 4.96. The molecule has 0 radical (unpaired) electrons. The lowest BCUT2D eigenvalue weighted by Crippen LogP contribution is -2.11. The van der Waals surface area contributed by atoms with Gasteiger partial charge in [0, 0.05) is 0 Å². The molecular weight excluding hydrogens is 181 g/mol.